The summed E-state index contributed by atoms with van der Waals surface area (Å²) in [5.74, 6) is 0.0539. The summed E-state index contributed by atoms with van der Waals surface area (Å²) in [5.41, 5.74) is 2.02. The van der Waals surface area contributed by atoms with Crippen LogP contribution in [0, 0.1) is 17.7 Å². The lowest BCUT2D eigenvalue weighted by molar-refractivity contribution is 0.0709. The van der Waals surface area contributed by atoms with Gasteiger partial charge < -0.3 is 9.80 Å². The number of carbonyl (C=O) groups excluding carboxylic acids is 1. The second-order valence-electron chi connectivity index (χ2n) is 7.56. The standard InChI is InChI=1S/C22H20FN5O/c23-18-10-24-7-6-20(18)27-12-16-13-28(22(29)19-11-25-8-9-26-19)21(17(16)14-27)15-4-2-1-3-5-15/h1-11,16-17,21H,12-14H2/t16-,17-,21+/m0/s1. The van der Waals surface area contributed by atoms with Crippen molar-refractivity contribution in [3.63, 3.8) is 0 Å². The number of anilines is 1. The van der Waals surface area contributed by atoms with Crippen molar-refractivity contribution >= 4 is 11.6 Å². The molecule has 0 radical (unpaired) electrons. The molecule has 2 fully saturated rings. The second kappa shape index (κ2) is 7.24. The molecule has 0 N–H and O–H groups in total. The Kier molecular flexibility index (Phi) is 4.42. The van der Waals surface area contributed by atoms with Gasteiger partial charge >= 0.3 is 0 Å². The number of amides is 1. The van der Waals surface area contributed by atoms with E-state index in [-0.39, 0.29) is 29.6 Å². The fourth-order valence-corrected chi connectivity index (χ4v) is 4.71. The number of aromatic nitrogens is 3. The van der Waals surface area contributed by atoms with Gasteiger partial charge in [0.05, 0.1) is 24.1 Å². The number of hydrogen-bond donors (Lipinski definition) is 0. The molecule has 1 amide bonds. The summed E-state index contributed by atoms with van der Waals surface area (Å²) in [6, 6.07) is 11.7. The second-order valence-corrected chi connectivity index (χ2v) is 7.56. The monoisotopic (exact) mass is 389 g/mol. The zero-order valence-corrected chi connectivity index (χ0v) is 15.7. The highest BCUT2D eigenvalue weighted by atomic mass is 19.1. The van der Waals surface area contributed by atoms with Crippen LogP contribution in [0.2, 0.25) is 0 Å². The van der Waals surface area contributed by atoms with Crippen LogP contribution in [0.15, 0.2) is 67.4 Å². The van der Waals surface area contributed by atoms with E-state index in [0.29, 0.717) is 31.0 Å². The number of nitrogens with zero attached hydrogens (tertiary/aromatic N) is 5. The van der Waals surface area contributed by atoms with Gasteiger partial charge in [-0.15, -0.1) is 0 Å². The Morgan fingerprint density at radius 3 is 2.55 bits per heavy atom. The average molecular weight is 389 g/mol. The van der Waals surface area contributed by atoms with E-state index in [2.05, 4.69) is 32.0 Å². The summed E-state index contributed by atoms with van der Waals surface area (Å²) < 4.78 is 14.3. The summed E-state index contributed by atoms with van der Waals surface area (Å²) in [7, 11) is 0. The molecule has 5 rings (SSSR count). The maximum atomic E-state index is 14.3. The molecule has 0 saturated carbocycles. The Labute approximate surface area is 168 Å². The van der Waals surface area contributed by atoms with Crippen LogP contribution in [0.5, 0.6) is 0 Å². The lowest BCUT2D eigenvalue weighted by atomic mass is 9.89. The van der Waals surface area contributed by atoms with Gasteiger partial charge in [-0.25, -0.2) is 9.37 Å². The van der Waals surface area contributed by atoms with E-state index in [1.807, 2.05) is 23.1 Å². The number of rotatable bonds is 3. The van der Waals surface area contributed by atoms with E-state index in [9.17, 15) is 9.18 Å². The Balaban J connectivity index is 1.48. The van der Waals surface area contributed by atoms with Crippen molar-refractivity contribution in [2.75, 3.05) is 24.5 Å². The largest absolute Gasteiger partial charge is 0.368 e. The molecule has 29 heavy (non-hydrogen) atoms. The molecule has 146 valence electrons. The molecule has 1 aromatic carbocycles. The molecular weight excluding hydrogens is 369 g/mol. The first-order chi connectivity index (χ1) is 14.2. The van der Waals surface area contributed by atoms with Crippen LogP contribution in [0.1, 0.15) is 22.1 Å². The van der Waals surface area contributed by atoms with Gasteiger partial charge in [0, 0.05) is 50.1 Å². The van der Waals surface area contributed by atoms with Gasteiger partial charge in [0.1, 0.15) is 5.69 Å². The first-order valence-electron chi connectivity index (χ1n) is 9.69. The summed E-state index contributed by atoms with van der Waals surface area (Å²) in [6.45, 7) is 2.01. The average Bonchev–Trinajstić information content (AvgIpc) is 3.33. The van der Waals surface area contributed by atoms with Gasteiger partial charge in [0.15, 0.2) is 5.82 Å². The molecule has 3 aromatic rings. The summed E-state index contributed by atoms with van der Waals surface area (Å²) >= 11 is 0. The molecule has 0 unspecified atom stereocenters. The number of carbonyl (C=O) groups is 1. The number of fused-ring (bicyclic) bond motifs is 1. The lowest BCUT2D eigenvalue weighted by Gasteiger charge is -2.30. The topological polar surface area (TPSA) is 62.2 Å². The van der Waals surface area contributed by atoms with Crippen LogP contribution in [-0.2, 0) is 0 Å². The predicted octanol–water partition coefficient (Wildman–Crippen LogP) is 2.96. The van der Waals surface area contributed by atoms with Crippen molar-refractivity contribution in [3.05, 3.63) is 84.5 Å². The maximum Gasteiger partial charge on any atom is 0.274 e. The summed E-state index contributed by atoms with van der Waals surface area (Å²) in [4.78, 5) is 29.3. The molecule has 6 nitrogen and oxygen atoms in total. The molecule has 2 saturated heterocycles. The van der Waals surface area contributed by atoms with E-state index < -0.39 is 0 Å². The quantitative estimate of drug-likeness (QED) is 0.689. The number of hydrogen-bond acceptors (Lipinski definition) is 5. The molecule has 2 aliphatic heterocycles. The molecule has 7 heteroatoms. The smallest absolute Gasteiger partial charge is 0.274 e. The molecule has 0 bridgehead atoms. The SMILES string of the molecule is O=C(c1cnccn1)N1C[C@@H]2CN(c3ccncc3F)C[C@@H]2[C@H]1c1ccccc1. The van der Waals surface area contributed by atoms with Gasteiger partial charge in [-0.1, -0.05) is 30.3 Å². The van der Waals surface area contributed by atoms with Crippen LogP contribution < -0.4 is 4.90 Å². The molecule has 2 aliphatic rings. The van der Waals surface area contributed by atoms with E-state index in [4.69, 9.17) is 0 Å². The molecule has 4 heterocycles. The van der Waals surface area contributed by atoms with Crippen molar-refractivity contribution < 1.29 is 9.18 Å². The van der Waals surface area contributed by atoms with Gasteiger partial charge in [0.2, 0.25) is 0 Å². The van der Waals surface area contributed by atoms with Crippen LogP contribution >= 0.6 is 0 Å². The number of halogens is 1. The number of pyridine rings is 1. The summed E-state index contributed by atoms with van der Waals surface area (Å²) in [5, 5.41) is 0. The van der Waals surface area contributed by atoms with Crippen molar-refractivity contribution in [1.29, 1.82) is 0 Å². The minimum atomic E-state index is -0.309. The highest BCUT2D eigenvalue weighted by molar-refractivity contribution is 5.92. The predicted molar refractivity (Wildman–Crippen MR) is 106 cm³/mol. The molecular formula is C22H20FN5O. The van der Waals surface area contributed by atoms with Gasteiger partial charge in [-0.3, -0.25) is 14.8 Å². The van der Waals surface area contributed by atoms with Crippen LogP contribution in [0.25, 0.3) is 0 Å². The van der Waals surface area contributed by atoms with Crippen LogP contribution in [0.4, 0.5) is 10.1 Å². The van der Waals surface area contributed by atoms with Gasteiger partial charge in [0.25, 0.3) is 5.91 Å². The minimum absolute atomic E-state index is 0.0781. The fourth-order valence-electron chi connectivity index (χ4n) is 4.71. The van der Waals surface area contributed by atoms with Crippen molar-refractivity contribution in [1.82, 2.24) is 19.9 Å². The normalized spacial score (nSPS) is 23.3. The Bertz CT molecular complexity index is 1020. The first-order valence-corrected chi connectivity index (χ1v) is 9.69. The number of benzene rings is 1. The molecule has 3 atom stereocenters. The lowest BCUT2D eigenvalue weighted by Crippen LogP contribution is -2.36. The fraction of sp³-hybridized carbons (Fsp3) is 0.273. The van der Waals surface area contributed by atoms with Crippen molar-refractivity contribution in [3.8, 4) is 0 Å². The Morgan fingerprint density at radius 1 is 0.966 bits per heavy atom. The highest BCUT2D eigenvalue weighted by Gasteiger charge is 2.49. The van der Waals surface area contributed by atoms with E-state index in [0.717, 1.165) is 5.56 Å². The Hall–Kier alpha value is -3.35. The zero-order valence-electron chi connectivity index (χ0n) is 15.7. The first kappa shape index (κ1) is 17.7. The van der Waals surface area contributed by atoms with E-state index in [1.165, 1.54) is 18.6 Å². The van der Waals surface area contributed by atoms with E-state index >= 15 is 0 Å². The molecule has 0 aliphatic carbocycles. The van der Waals surface area contributed by atoms with Crippen LogP contribution in [0.3, 0.4) is 0 Å². The molecule has 2 aromatic heterocycles. The molecule has 0 spiro atoms. The van der Waals surface area contributed by atoms with Crippen molar-refractivity contribution in [2.24, 2.45) is 11.8 Å². The third-order valence-electron chi connectivity index (χ3n) is 5.94. The number of likely N-dealkylation sites (tertiary alicyclic amines) is 1. The maximum absolute atomic E-state index is 14.3. The zero-order chi connectivity index (χ0) is 19.8. The highest BCUT2D eigenvalue weighted by Crippen LogP contribution is 2.46. The van der Waals surface area contributed by atoms with Gasteiger partial charge in [-0.2, -0.15) is 0 Å². The van der Waals surface area contributed by atoms with Gasteiger partial charge in [-0.05, 0) is 11.6 Å². The third-order valence-corrected chi connectivity index (χ3v) is 5.94. The third kappa shape index (κ3) is 3.12. The minimum Gasteiger partial charge on any atom is -0.368 e. The Morgan fingerprint density at radius 2 is 1.79 bits per heavy atom. The van der Waals surface area contributed by atoms with Crippen molar-refractivity contribution in [2.45, 2.75) is 6.04 Å². The van der Waals surface area contributed by atoms with E-state index in [1.54, 1.807) is 18.5 Å². The van der Waals surface area contributed by atoms with Crippen LogP contribution in [-0.4, -0.2) is 45.4 Å². The summed E-state index contributed by atoms with van der Waals surface area (Å²) in [6.07, 6.45) is 7.48.